The van der Waals surface area contributed by atoms with Crippen LogP contribution < -0.4 is 22.1 Å². The minimum atomic E-state index is 0.108. The molecular formula is C10H25N5. The maximum atomic E-state index is 5.88. The molecule has 1 rings (SSSR count). The van der Waals surface area contributed by atoms with Crippen molar-refractivity contribution in [1.29, 1.82) is 0 Å². The van der Waals surface area contributed by atoms with Gasteiger partial charge in [0.05, 0.1) is 6.17 Å². The van der Waals surface area contributed by atoms with Crippen LogP contribution in [0.25, 0.3) is 0 Å². The van der Waals surface area contributed by atoms with E-state index < -0.39 is 0 Å². The molecule has 5 nitrogen and oxygen atoms in total. The maximum absolute atomic E-state index is 5.88. The Bertz CT molecular complexity index is 147. The molecule has 1 heterocycles. The first-order chi connectivity index (χ1) is 7.33. The molecule has 1 aliphatic rings. The first-order valence-electron chi connectivity index (χ1n) is 5.95. The number of nitrogens with one attached hydrogen (secondary N) is 2. The van der Waals surface area contributed by atoms with E-state index in [2.05, 4.69) is 15.5 Å². The first kappa shape index (κ1) is 12.9. The summed E-state index contributed by atoms with van der Waals surface area (Å²) in [6.45, 7) is 7.33. The van der Waals surface area contributed by atoms with Gasteiger partial charge in [-0.2, -0.15) is 0 Å². The largest absolute Gasteiger partial charge is 0.330 e. The number of rotatable bonds is 7. The van der Waals surface area contributed by atoms with E-state index in [1.165, 1.54) is 0 Å². The van der Waals surface area contributed by atoms with Crippen molar-refractivity contribution < 1.29 is 0 Å². The van der Waals surface area contributed by atoms with Crippen LogP contribution in [0.2, 0.25) is 0 Å². The third-order valence-corrected chi connectivity index (χ3v) is 2.76. The molecule has 0 saturated carbocycles. The molecule has 0 radical (unpaired) electrons. The number of piperazine rings is 1. The molecule has 0 aromatic heterocycles. The lowest BCUT2D eigenvalue weighted by Gasteiger charge is -2.27. The van der Waals surface area contributed by atoms with Crippen LogP contribution in [0.3, 0.4) is 0 Å². The Labute approximate surface area is 92.6 Å². The molecule has 1 fully saturated rings. The molecule has 1 unspecified atom stereocenters. The minimum Gasteiger partial charge on any atom is -0.330 e. The summed E-state index contributed by atoms with van der Waals surface area (Å²) >= 11 is 0. The molecule has 6 N–H and O–H groups in total. The van der Waals surface area contributed by atoms with Crippen molar-refractivity contribution >= 4 is 0 Å². The molecule has 1 atom stereocenters. The van der Waals surface area contributed by atoms with E-state index in [1.54, 1.807) is 0 Å². The Hall–Kier alpha value is -0.200. The SMILES string of the molecule is NCCCC(N)NCCN1CCNCC1. The third kappa shape index (κ3) is 6.06. The standard InChI is InChI=1S/C10H25N5/c11-3-1-2-10(12)14-6-9-15-7-4-13-5-8-15/h10,13-14H,1-9,11-12H2. The zero-order valence-corrected chi connectivity index (χ0v) is 9.54. The predicted octanol–water partition coefficient (Wildman–Crippen LogP) is -1.50. The highest BCUT2D eigenvalue weighted by atomic mass is 15.2. The fraction of sp³-hybridized carbons (Fsp3) is 1.00. The van der Waals surface area contributed by atoms with Crippen molar-refractivity contribution in [1.82, 2.24) is 15.5 Å². The molecule has 0 aromatic carbocycles. The van der Waals surface area contributed by atoms with E-state index >= 15 is 0 Å². The quantitative estimate of drug-likeness (QED) is 0.389. The van der Waals surface area contributed by atoms with Gasteiger partial charge in [-0.3, -0.25) is 4.90 Å². The van der Waals surface area contributed by atoms with Crippen molar-refractivity contribution in [3.8, 4) is 0 Å². The molecule has 0 aliphatic carbocycles. The second kappa shape index (κ2) is 8.01. The molecule has 0 amide bonds. The van der Waals surface area contributed by atoms with Crippen LogP contribution >= 0.6 is 0 Å². The third-order valence-electron chi connectivity index (χ3n) is 2.76. The number of hydrogen-bond acceptors (Lipinski definition) is 5. The van der Waals surface area contributed by atoms with Crippen molar-refractivity contribution in [2.75, 3.05) is 45.8 Å². The van der Waals surface area contributed by atoms with E-state index in [9.17, 15) is 0 Å². The van der Waals surface area contributed by atoms with Gasteiger partial charge < -0.3 is 22.1 Å². The summed E-state index contributed by atoms with van der Waals surface area (Å²) < 4.78 is 0. The molecule has 0 bridgehead atoms. The highest BCUT2D eigenvalue weighted by Gasteiger charge is 2.08. The Morgan fingerprint density at radius 2 is 2.07 bits per heavy atom. The van der Waals surface area contributed by atoms with Crippen molar-refractivity contribution in [2.24, 2.45) is 11.5 Å². The fourth-order valence-electron chi connectivity index (χ4n) is 1.78. The minimum absolute atomic E-state index is 0.108. The Kier molecular flexibility index (Phi) is 6.87. The van der Waals surface area contributed by atoms with E-state index in [1.807, 2.05) is 0 Å². The lowest BCUT2D eigenvalue weighted by Crippen LogP contribution is -2.47. The summed E-state index contributed by atoms with van der Waals surface area (Å²) in [5.74, 6) is 0. The van der Waals surface area contributed by atoms with E-state index in [4.69, 9.17) is 11.5 Å². The van der Waals surface area contributed by atoms with Gasteiger partial charge in [0.1, 0.15) is 0 Å². The molecule has 0 aromatic rings. The monoisotopic (exact) mass is 215 g/mol. The van der Waals surface area contributed by atoms with Gasteiger partial charge in [0.2, 0.25) is 0 Å². The molecule has 0 spiro atoms. The molecule has 1 aliphatic heterocycles. The van der Waals surface area contributed by atoms with Crippen LogP contribution in [0.1, 0.15) is 12.8 Å². The molecule has 1 saturated heterocycles. The molecular weight excluding hydrogens is 190 g/mol. The van der Waals surface area contributed by atoms with Gasteiger partial charge in [0, 0.05) is 39.3 Å². The molecule has 5 heteroatoms. The number of nitrogens with zero attached hydrogens (tertiary/aromatic N) is 1. The van der Waals surface area contributed by atoms with Gasteiger partial charge in [-0.25, -0.2) is 0 Å². The van der Waals surface area contributed by atoms with E-state index in [-0.39, 0.29) is 6.17 Å². The summed E-state index contributed by atoms with van der Waals surface area (Å²) in [5.41, 5.74) is 11.3. The summed E-state index contributed by atoms with van der Waals surface area (Å²) in [6, 6.07) is 0. The average Bonchev–Trinajstić information content (AvgIpc) is 2.28. The number of hydrogen-bond donors (Lipinski definition) is 4. The van der Waals surface area contributed by atoms with Crippen LogP contribution in [-0.2, 0) is 0 Å². The van der Waals surface area contributed by atoms with Gasteiger partial charge in [0.25, 0.3) is 0 Å². The lowest BCUT2D eigenvalue weighted by atomic mass is 10.2. The van der Waals surface area contributed by atoms with E-state index in [0.717, 1.165) is 58.7 Å². The Morgan fingerprint density at radius 1 is 1.33 bits per heavy atom. The average molecular weight is 215 g/mol. The summed E-state index contributed by atoms with van der Waals surface area (Å²) in [6.07, 6.45) is 2.08. The second-order valence-corrected chi connectivity index (χ2v) is 4.08. The van der Waals surface area contributed by atoms with E-state index in [0.29, 0.717) is 0 Å². The Morgan fingerprint density at radius 3 is 2.73 bits per heavy atom. The molecule has 15 heavy (non-hydrogen) atoms. The van der Waals surface area contributed by atoms with Crippen LogP contribution in [0.15, 0.2) is 0 Å². The van der Waals surface area contributed by atoms with Gasteiger partial charge in [-0.1, -0.05) is 0 Å². The topological polar surface area (TPSA) is 79.3 Å². The van der Waals surface area contributed by atoms with Crippen LogP contribution in [0.4, 0.5) is 0 Å². The van der Waals surface area contributed by atoms with Crippen molar-refractivity contribution in [3.05, 3.63) is 0 Å². The number of nitrogens with two attached hydrogens (primary N) is 2. The van der Waals surface area contributed by atoms with Crippen molar-refractivity contribution in [3.63, 3.8) is 0 Å². The normalized spacial score (nSPS) is 20.4. The van der Waals surface area contributed by atoms with Gasteiger partial charge in [-0.15, -0.1) is 0 Å². The first-order valence-corrected chi connectivity index (χ1v) is 5.95. The fourth-order valence-corrected chi connectivity index (χ4v) is 1.78. The summed E-state index contributed by atoms with van der Waals surface area (Å²) in [4.78, 5) is 2.46. The van der Waals surface area contributed by atoms with Gasteiger partial charge in [0.15, 0.2) is 0 Å². The van der Waals surface area contributed by atoms with Crippen LogP contribution in [0.5, 0.6) is 0 Å². The van der Waals surface area contributed by atoms with Gasteiger partial charge in [-0.05, 0) is 19.4 Å². The Balaban J connectivity index is 1.94. The van der Waals surface area contributed by atoms with Crippen molar-refractivity contribution in [2.45, 2.75) is 19.0 Å². The predicted molar refractivity (Wildman–Crippen MR) is 63.6 cm³/mol. The van der Waals surface area contributed by atoms with Crippen LogP contribution in [0, 0.1) is 0 Å². The second-order valence-electron chi connectivity index (χ2n) is 4.08. The lowest BCUT2D eigenvalue weighted by molar-refractivity contribution is 0.237. The molecule has 90 valence electrons. The van der Waals surface area contributed by atoms with Gasteiger partial charge >= 0.3 is 0 Å². The smallest absolute Gasteiger partial charge is 0.0547 e. The zero-order valence-electron chi connectivity index (χ0n) is 9.54. The highest BCUT2D eigenvalue weighted by Crippen LogP contribution is 1.92. The summed E-state index contributed by atoms with van der Waals surface area (Å²) in [7, 11) is 0. The highest BCUT2D eigenvalue weighted by molar-refractivity contribution is 4.69. The maximum Gasteiger partial charge on any atom is 0.0547 e. The zero-order chi connectivity index (χ0) is 10.9. The van der Waals surface area contributed by atoms with Crippen LogP contribution in [-0.4, -0.2) is 56.9 Å². The summed E-state index contributed by atoms with van der Waals surface area (Å²) in [5, 5.41) is 6.67.